The van der Waals surface area contributed by atoms with Crippen molar-refractivity contribution in [1.29, 1.82) is 0 Å². The molecule has 0 unspecified atom stereocenters. The maximum absolute atomic E-state index is 12.0. The normalized spacial score (nSPS) is 10.0. The van der Waals surface area contributed by atoms with Crippen LogP contribution in [0.4, 0.5) is 10.5 Å². The summed E-state index contributed by atoms with van der Waals surface area (Å²) in [6, 6.07) is 10.6. The predicted molar refractivity (Wildman–Crippen MR) is 76.2 cm³/mol. The quantitative estimate of drug-likeness (QED) is 0.933. The number of benzene rings is 1. The second kappa shape index (κ2) is 6.20. The van der Waals surface area contributed by atoms with Crippen LogP contribution in [0.15, 0.2) is 48.8 Å². The van der Waals surface area contributed by atoms with Gasteiger partial charge in [-0.2, -0.15) is 0 Å². The monoisotopic (exact) mass is 275 g/mol. The molecule has 1 aromatic carbocycles. The minimum Gasteiger partial charge on any atom is -0.323 e. The summed E-state index contributed by atoms with van der Waals surface area (Å²) in [6.45, 7) is 0.523. The van der Waals surface area contributed by atoms with Crippen LogP contribution in [0.25, 0.3) is 0 Å². The highest BCUT2D eigenvalue weighted by atomic mass is 35.5. The molecule has 98 valence electrons. The largest absolute Gasteiger partial charge is 0.323 e. The molecule has 2 aromatic rings. The van der Waals surface area contributed by atoms with Gasteiger partial charge in [-0.05, 0) is 35.9 Å². The van der Waals surface area contributed by atoms with E-state index in [0.717, 1.165) is 5.56 Å². The molecule has 5 heteroatoms. The molecule has 4 nitrogen and oxygen atoms in total. The molecule has 0 aliphatic heterocycles. The van der Waals surface area contributed by atoms with Crippen molar-refractivity contribution in [3.8, 4) is 0 Å². The van der Waals surface area contributed by atoms with Crippen LogP contribution in [0.3, 0.4) is 0 Å². The van der Waals surface area contributed by atoms with Crippen LogP contribution in [0.5, 0.6) is 0 Å². The van der Waals surface area contributed by atoms with Gasteiger partial charge >= 0.3 is 6.03 Å². The summed E-state index contributed by atoms with van der Waals surface area (Å²) in [4.78, 5) is 17.5. The summed E-state index contributed by atoms with van der Waals surface area (Å²) in [5.74, 6) is 0. The average Bonchev–Trinajstić information content (AvgIpc) is 2.40. The highest BCUT2D eigenvalue weighted by Crippen LogP contribution is 2.15. The number of carbonyl (C=O) groups is 1. The zero-order valence-electron chi connectivity index (χ0n) is 10.5. The lowest BCUT2D eigenvalue weighted by Crippen LogP contribution is -2.30. The van der Waals surface area contributed by atoms with Crippen molar-refractivity contribution in [2.45, 2.75) is 6.54 Å². The molecule has 2 rings (SSSR count). The SMILES string of the molecule is CN(Cc1ccncc1)C(=O)Nc1cccc(Cl)c1. The molecule has 0 atom stereocenters. The van der Waals surface area contributed by atoms with Crippen molar-refractivity contribution in [2.75, 3.05) is 12.4 Å². The van der Waals surface area contributed by atoms with Crippen molar-refractivity contribution in [3.63, 3.8) is 0 Å². The third-order valence-electron chi connectivity index (χ3n) is 2.59. The van der Waals surface area contributed by atoms with Gasteiger partial charge in [0.2, 0.25) is 0 Å². The highest BCUT2D eigenvalue weighted by Gasteiger charge is 2.09. The molecule has 0 bridgehead atoms. The van der Waals surface area contributed by atoms with Gasteiger partial charge in [-0.25, -0.2) is 4.79 Å². The smallest absolute Gasteiger partial charge is 0.321 e. The van der Waals surface area contributed by atoms with E-state index in [1.54, 1.807) is 48.6 Å². The Balaban J connectivity index is 1.96. The Hall–Kier alpha value is -2.07. The first kappa shape index (κ1) is 13.4. The Bertz CT molecular complexity index is 560. The third-order valence-corrected chi connectivity index (χ3v) is 2.83. The van der Waals surface area contributed by atoms with Crippen LogP contribution in [-0.2, 0) is 6.54 Å². The van der Waals surface area contributed by atoms with Crippen molar-refractivity contribution >= 4 is 23.3 Å². The zero-order chi connectivity index (χ0) is 13.7. The Kier molecular flexibility index (Phi) is 4.36. The van der Waals surface area contributed by atoms with E-state index in [2.05, 4.69) is 10.3 Å². The van der Waals surface area contributed by atoms with Gasteiger partial charge in [-0.15, -0.1) is 0 Å². The number of carbonyl (C=O) groups excluding carboxylic acids is 1. The highest BCUT2D eigenvalue weighted by molar-refractivity contribution is 6.30. The number of hydrogen-bond donors (Lipinski definition) is 1. The van der Waals surface area contributed by atoms with E-state index in [9.17, 15) is 4.79 Å². The zero-order valence-corrected chi connectivity index (χ0v) is 11.3. The molecule has 1 N–H and O–H groups in total. The average molecular weight is 276 g/mol. The minimum absolute atomic E-state index is 0.181. The van der Waals surface area contributed by atoms with Crippen LogP contribution in [0.2, 0.25) is 5.02 Å². The molecular weight excluding hydrogens is 262 g/mol. The molecule has 1 heterocycles. The van der Waals surface area contributed by atoms with Gasteiger partial charge in [-0.1, -0.05) is 17.7 Å². The number of urea groups is 1. The second-order valence-corrected chi connectivity index (χ2v) is 4.59. The first-order valence-corrected chi connectivity index (χ1v) is 6.19. The van der Waals surface area contributed by atoms with E-state index < -0.39 is 0 Å². The molecule has 0 radical (unpaired) electrons. The number of aromatic nitrogens is 1. The number of nitrogens with zero attached hydrogens (tertiary/aromatic N) is 2. The summed E-state index contributed by atoms with van der Waals surface area (Å²) >= 11 is 5.87. The van der Waals surface area contributed by atoms with E-state index in [0.29, 0.717) is 17.3 Å². The molecule has 0 fully saturated rings. The Labute approximate surface area is 117 Å². The predicted octanol–water partition coefficient (Wildman–Crippen LogP) is 3.40. The first-order valence-electron chi connectivity index (χ1n) is 5.82. The van der Waals surface area contributed by atoms with E-state index >= 15 is 0 Å². The standard InChI is InChI=1S/C14H14ClN3O/c1-18(10-11-5-7-16-8-6-11)14(19)17-13-4-2-3-12(15)9-13/h2-9H,10H2,1H3,(H,17,19). The van der Waals surface area contributed by atoms with Gasteiger partial charge in [-0.3, -0.25) is 4.98 Å². The summed E-state index contributed by atoms with van der Waals surface area (Å²) in [7, 11) is 1.74. The van der Waals surface area contributed by atoms with E-state index in [1.165, 1.54) is 0 Å². The van der Waals surface area contributed by atoms with Crippen molar-refractivity contribution in [2.24, 2.45) is 0 Å². The lowest BCUT2D eigenvalue weighted by atomic mass is 10.2. The summed E-state index contributed by atoms with van der Waals surface area (Å²) in [6.07, 6.45) is 3.41. The van der Waals surface area contributed by atoms with Crippen LogP contribution >= 0.6 is 11.6 Å². The lowest BCUT2D eigenvalue weighted by molar-refractivity contribution is 0.220. The molecule has 19 heavy (non-hydrogen) atoms. The van der Waals surface area contributed by atoms with Crippen molar-refractivity contribution < 1.29 is 4.79 Å². The molecule has 0 aliphatic rings. The molecule has 0 spiro atoms. The van der Waals surface area contributed by atoms with Gasteiger partial charge in [0.15, 0.2) is 0 Å². The summed E-state index contributed by atoms with van der Waals surface area (Å²) < 4.78 is 0. The fraction of sp³-hybridized carbons (Fsp3) is 0.143. The fourth-order valence-corrected chi connectivity index (χ4v) is 1.81. The van der Waals surface area contributed by atoms with Crippen LogP contribution < -0.4 is 5.32 Å². The Morgan fingerprint density at radius 1 is 1.32 bits per heavy atom. The molecule has 0 saturated carbocycles. The third kappa shape index (κ3) is 3.96. The number of amides is 2. The van der Waals surface area contributed by atoms with E-state index in [-0.39, 0.29) is 6.03 Å². The molecule has 1 aromatic heterocycles. The van der Waals surface area contributed by atoms with Gasteiger partial charge in [0, 0.05) is 36.7 Å². The maximum Gasteiger partial charge on any atom is 0.321 e. The number of rotatable bonds is 3. The van der Waals surface area contributed by atoms with E-state index in [4.69, 9.17) is 11.6 Å². The molecule has 0 aliphatic carbocycles. The Morgan fingerprint density at radius 2 is 2.05 bits per heavy atom. The maximum atomic E-state index is 12.0. The van der Waals surface area contributed by atoms with Crippen molar-refractivity contribution in [1.82, 2.24) is 9.88 Å². The number of halogens is 1. The number of hydrogen-bond acceptors (Lipinski definition) is 2. The van der Waals surface area contributed by atoms with Gasteiger partial charge in [0.05, 0.1) is 0 Å². The topological polar surface area (TPSA) is 45.2 Å². The fourth-order valence-electron chi connectivity index (χ4n) is 1.62. The number of pyridine rings is 1. The molecular formula is C14H14ClN3O. The molecule has 0 saturated heterocycles. The second-order valence-electron chi connectivity index (χ2n) is 4.15. The van der Waals surface area contributed by atoms with Gasteiger partial charge in [0.25, 0.3) is 0 Å². The molecule has 2 amide bonds. The van der Waals surface area contributed by atoms with E-state index in [1.807, 2.05) is 12.1 Å². The van der Waals surface area contributed by atoms with Gasteiger partial charge < -0.3 is 10.2 Å². The van der Waals surface area contributed by atoms with Crippen LogP contribution in [-0.4, -0.2) is 23.0 Å². The van der Waals surface area contributed by atoms with Crippen LogP contribution in [0, 0.1) is 0 Å². The van der Waals surface area contributed by atoms with Crippen molar-refractivity contribution in [3.05, 3.63) is 59.4 Å². The first-order chi connectivity index (χ1) is 9.15. The number of anilines is 1. The minimum atomic E-state index is -0.181. The summed E-state index contributed by atoms with van der Waals surface area (Å²) in [5.41, 5.74) is 1.71. The summed E-state index contributed by atoms with van der Waals surface area (Å²) in [5, 5.41) is 3.38. The Morgan fingerprint density at radius 3 is 2.74 bits per heavy atom. The van der Waals surface area contributed by atoms with Crippen LogP contribution in [0.1, 0.15) is 5.56 Å². The van der Waals surface area contributed by atoms with Gasteiger partial charge in [0.1, 0.15) is 0 Å². The number of nitrogens with one attached hydrogen (secondary N) is 1. The lowest BCUT2D eigenvalue weighted by Gasteiger charge is -2.18.